The Morgan fingerprint density at radius 2 is 1.65 bits per heavy atom. The number of methoxy groups -OCH3 is 2. The van der Waals surface area contributed by atoms with Crippen LogP contribution in [-0.4, -0.2) is 33.6 Å². The second-order valence-corrected chi connectivity index (χ2v) is 8.53. The van der Waals surface area contributed by atoms with Gasteiger partial charge in [-0.15, -0.1) is 0 Å². The van der Waals surface area contributed by atoms with Crippen molar-refractivity contribution in [1.82, 2.24) is 0 Å². The van der Waals surface area contributed by atoms with Crippen LogP contribution in [-0.2, 0) is 9.84 Å². The summed E-state index contributed by atoms with van der Waals surface area (Å²) in [5, 5.41) is 0. The highest BCUT2D eigenvalue weighted by atomic mass is 79.9. The molecule has 1 rings (SSSR count). The van der Waals surface area contributed by atoms with Gasteiger partial charge in [0, 0.05) is 10.7 Å². The molecule has 0 fully saturated rings. The van der Waals surface area contributed by atoms with Gasteiger partial charge in [-0.1, -0.05) is 15.9 Å². The molecule has 1 aromatic rings. The van der Waals surface area contributed by atoms with Gasteiger partial charge in [0.25, 0.3) is 0 Å². The van der Waals surface area contributed by atoms with E-state index in [1.165, 1.54) is 20.5 Å². The fourth-order valence-electron chi connectivity index (χ4n) is 1.71. The van der Waals surface area contributed by atoms with E-state index in [1.54, 1.807) is 26.0 Å². The first-order chi connectivity index (χ1) is 9.06. The molecule has 0 spiro atoms. The molecular weight excluding hydrogens is 346 g/mol. The van der Waals surface area contributed by atoms with Crippen LogP contribution in [0.2, 0.25) is 0 Å². The van der Waals surface area contributed by atoms with Gasteiger partial charge in [-0.2, -0.15) is 0 Å². The van der Waals surface area contributed by atoms with Crippen molar-refractivity contribution in [3.8, 4) is 11.5 Å². The Labute approximate surface area is 128 Å². The standard InChI is InChI=1S/C13H20BrNO4S/c1-13(2,20(5,16)17)12(15)8-6-10(18-3)11(19-4)7-9(8)14/h6-7,12H,15H2,1-5H3. The van der Waals surface area contributed by atoms with Crippen LogP contribution in [0, 0.1) is 0 Å². The van der Waals surface area contributed by atoms with Gasteiger partial charge in [-0.25, -0.2) is 8.42 Å². The molecule has 1 aromatic carbocycles. The van der Waals surface area contributed by atoms with E-state index >= 15 is 0 Å². The number of ether oxygens (including phenoxy) is 2. The van der Waals surface area contributed by atoms with Gasteiger partial charge >= 0.3 is 0 Å². The second kappa shape index (κ2) is 5.91. The van der Waals surface area contributed by atoms with Crippen LogP contribution in [0.3, 0.4) is 0 Å². The fourth-order valence-corrected chi connectivity index (χ4v) is 2.87. The Kier molecular flexibility index (Phi) is 5.10. The molecule has 1 atom stereocenters. The van der Waals surface area contributed by atoms with Crippen LogP contribution in [0.25, 0.3) is 0 Å². The molecule has 114 valence electrons. The van der Waals surface area contributed by atoms with E-state index in [9.17, 15) is 8.42 Å². The summed E-state index contributed by atoms with van der Waals surface area (Å²) in [7, 11) is -0.271. The van der Waals surface area contributed by atoms with Crippen LogP contribution in [0.1, 0.15) is 25.5 Å². The third-order valence-electron chi connectivity index (χ3n) is 3.54. The third-order valence-corrected chi connectivity index (χ3v) is 6.39. The van der Waals surface area contributed by atoms with Gasteiger partial charge in [0.15, 0.2) is 21.3 Å². The summed E-state index contributed by atoms with van der Waals surface area (Å²) in [6.45, 7) is 3.21. The summed E-state index contributed by atoms with van der Waals surface area (Å²) in [6.07, 6.45) is 1.18. The van der Waals surface area contributed by atoms with Crippen molar-refractivity contribution in [3.63, 3.8) is 0 Å². The number of benzene rings is 1. The minimum absolute atomic E-state index is 0.505. The van der Waals surface area contributed by atoms with Crippen LogP contribution < -0.4 is 15.2 Å². The average molecular weight is 366 g/mol. The number of halogens is 1. The van der Waals surface area contributed by atoms with Crippen molar-refractivity contribution in [2.45, 2.75) is 24.6 Å². The predicted octanol–water partition coefficient (Wildman–Crippen LogP) is 2.29. The van der Waals surface area contributed by atoms with Crippen LogP contribution in [0.4, 0.5) is 0 Å². The maximum Gasteiger partial charge on any atom is 0.161 e. The molecule has 5 nitrogen and oxygen atoms in total. The highest BCUT2D eigenvalue weighted by molar-refractivity contribution is 9.10. The van der Waals surface area contributed by atoms with Crippen LogP contribution in [0.5, 0.6) is 11.5 Å². The number of hydrogen-bond acceptors (Lipinski definition) is 5. The quantitative estimate of drug-likeness (QED) is 0.865. The maximum atomic E-state index is 11.9. The van der Waals surface area contributed by atoms with Gasteiger partial charge in [-0.3, -0.25) is 0 Å². The molecule has 2 N–H and O–H groups in total. The van der Waals surface area contributed by atoms with E-state index in [2.05, 4.69) is 15.9 Å². The molecule has 0 aliphatic rings. The van der Waals surface area contributed by atoms with E-state index in [0.717, 1.165) is 0 Å². The molecule has 0 bridgehead atoms. The monoisotopic (exact) mass is 365 g/mol. The molecule has 1 unspecified atom stereocenters. The minimum Gasteiger partial charge on any atom is -0.493 e. The Morgan fingerprint density at radius 3 is 2.05 bits per heavy atom. The molecular formula is C13H20BrNO4S. The van der Waals surface area contributed by atoms with Crippen molar-refractivity contribution >= 4 is 25.8 Å². The van der Waals surface area contributed by atoms with E-state index < -0.39 is 20.6 Å². The van der Waals surface area contributed by atoms with Crippen molar-refractivity contribution in [2.24, 2.45) is 5.73 Å². The number of nitrogens with two attached hydrogens (primary N) is 1. The number of sulfone groups is 1. The normalized spacial score (nSPS) is 13.9. The summed E-state index contributed by atoms with van der Waals surface area (Å²) >= 11 is 3.40. The molecule has 20 heavy (non-hydrogen) atoms. The van der Waals surface area contributed by atoms with Gasteiger partial charge in [0.1, 0.15) is 0 Å². The van der Waals surface area contributed by atoms with Crippen molar-refractivity contribution in [1.29, 1.82) is 0 Å². The third kappa shape index (κ3) is 3.10. The summed E-state index contributed by atoms with van der Waals surface area (Å²) < 4.78 is 33.8. The van der Waals surface area contributed by atoms with E-state index in [4.69, 9.17) is 15.2 Å². The minimum atomic E-state index is -3.32. The lowest BCUT2D eigenvalue weighted by molar-refractivity contribution is 0.353. The molecule has 0 aromatic heterocycles. The zero-order chi connectivity index (χ0) is 15.7. The lowest BCUT2D eigenvalue weighted by Gasteiger charge is -2.31. The Bertz CT molecular complexity index is 599. The fraction of sp³-hybridized carbons (Fsp3) is 0.538. The first kappa shape index (κ1) is 17.3. The molecule has 0 radical (unpaired) electrons. The Morgan fingerprint density at radius 1 is 1.20 bits per heavy atom. The summed E-state index contributed by atoms with van der Waals surface area (Å²) in [6, 6.07) is 2.71. The highest BCUT2D eigenvalue weighted by Crippen LogP contribution is 2.40. The molecule has 0 aliphatic carbocycles. The molecule has 0 heterocycles. The highest BCUT2D eigenvalue weighted by Gasteiger charge is 2.38. The summed E-state index contributed by atoms with van der Waals surface area (Å²) in [4.78, 5) is 0. The average Bonchev–Trinajstić information content (AvgIpc) is 2.36. The number of rotatable bonds is 5. The SMILES string of the molecule is COc1cc(Br)c(C(N)C(C)(C)S(C)(=O)=O)cc1OC. The van der Waals surface area contributed by atoms with E-state index in [-0.39, 0.29) is 0 Å². The topological polar surface area (TPSA) is 78.6 Å². The predicted molar refractivity (Wildman–Crippen MR) is 83.1 cm³/mol. The lowest BCUT2D eigenvalue weighted by atomic mass is 9.95. The van der Waals surface area contributed by atoms with Crippen molar-refractivity contribution < 1.29 is 17.9 Å². The lowest BCUT2D eigenvalue weighted by Crippen LogP contribution is -2.42. The van der Waals surface area contributed by atoms with Gasteiger partial charge in [0.2, 0.25) is 0 Å². The molecule has 0 amide bonds. The Balaban J connectivity index is 3.41. The second-order valence-electron chi connectivity index (χ2n) is 5.08. The molecule has 0 saturated carbocycles. The van der Waals surface area contributed by atoms with Gasteiger partial charge in [-0.05, 0) is 31.5 Å². The van der Waals surface area contributed by atoms with Crippen molar-refractivity contribution in [3.05, 3.63) is 22.2 Å². The van der Waals surface area contributed by atoms with Crippen LogP contribution in [0.15, 0.2) is 16.6 Å². The van der Waals surface area contributed by atoms with Crippen LogP contribution >= 0.6 is 15.9 Å². The van der Waals surface area contributed by atoms with E-state index in [1.807, 2.05) is 0 Å². The zero-order valence-electron chi connectivity index (χ0n) is 12.2. The largest absolute Gasteiger partial charge is 0.493 e. The Hall–Kier alpha value is -0.790. The van der Waals surface area contributed by atoms with Gasteiger partial charge < -0.3 is 15.2 Å². The molecule has 0 saturated heterocycles. The summed E-state index contributed by atoms with van der Waals surface area (Å²) in [5.41, 5.74) is 6.82. The smallest absolute Gasteiger partial charge is 0.161 e. The number of hydrogen-bond donors (Lipinski definition) is 1. The molecule has 0 aliphatic heterocycles. The molecule has 7 heteroatoms. The van der Waals surface area contributed by atoms with E-state index in [0.29, 0.717) is 21.5 Å². The van der Waals surface area contributed by atoms with Gasteiger partial charge in [0.05, 0.1) is 25.0 Å². The maximum absolute atomic E-state index is 11.9. The summed E-state index contributed by atoms with van der Waals surface area (Å²) in [5.74, 6) is 1.05. The zero-order valence-corrected chi connectivity index (χ0v) is 14.6. The first-order valence-electron chi connectivity index (χ1n) is 5.92. The first-order valence-corrected chi connectivity index (χ1v) is 8.61. The van der Waals surface area contributed by atoms with Crippen molar-refractivity contribution in [2.75, 3.05) is 20.5 Å².